The van der Waals surface area contributed by atoms with Crippen LogP contribution in [0.25, 0.3) is 0 Å². The van der Waals surface area contributed by atoms with Crippen LogP contribution in [-0.2, 0) is 21.2 Å². The van der Waals surface area contributed by atoms with E-state index in [0.717, 1.165) is 35.8 Å². The van der Waals surface area contributed by atoms with Crippen molar-refractivity contribution in [2.45, 2.75) is 30.7 Å². The molecule has 0 bridgehead atoms. The summed E-state index contributed by atoms with van der Waals surface area (Å²) in [6, 6.07) is 15.5. The van der Waals surface area contributed by atoms with Crippen molar-refractivity contribution in [2.24, 2.45) is 0 Å². The van der Waals surface area contributed by atoms with Gasteiger partial charge in [0, 0.05) is 55.3 Å². The van der Waals surface area contributed by atoms with Crippen molar-refractivity contribution in [3.63, 3.8) is 0 Å². The zero-order valence-electron chi connectivity index (χ0n) is 20.5. The average molecular weight is 541 g/mol. The normalized spacial score (nSPS) is 16.8. The van der Waals surface area contributed by atoms with Gasteiger partial charge in [-0.05, 0) is 79.9 Å². The Balaban J connectivity index is 1.19. The number of nitrogens with one attached hydrogen (secondary N) is 1. The van der Waals surface area contributed by atoms with E-state index in [-0.39, 0.29) is 22.7 Å². The summed E-state index contributed by atoms with van der Waals surface area (Å²) >= 11 is 6.18. The monoisotopic (exact) mass is 540 g/mol. The van der Waals surface area contributed by atoms with E-state index in [1.165, 1.54) is 11.8 Å². The third-order valence-corrected chi connectivity index (χ3v) is 8.54. The van der Waals surface area contributed by atoms with Gasteiger partial charge in [-0.15, -0.1) is 5.10 Å². The molecule has 11 heteroatoms. The molecule has 0 radical (unpaired) electrons. The SMILES string of the molecule is CC(C(=O)N1CCN(c2ccc(S(=O)(=O)Nc3cccnn3)cc2)CC1)N1CCCc2cc(Cl)ccc21. The molecule has 2 aromatic carbocycles. The van der Waals surface area contributed by atoms with E-state index in [9.17, 15) is 13.2 Å². The zero-order chi connectivity index (χ0) is 26.0. The third-order valence-electron chi connectivity index (χ3n) is 6.94. The largest absolute Gasteiger partial charge is 0.368 e. The molecular formula is C26H29ClN6O3S. The highest BCUT2D eigenvalue weighted by Crippen LogP contribution is 2.31. The van der Waals surface area contributed by atoms with Crippen LogP contribution < -0.4 is 14.5 Å². The van der Waals surface area contributed by atoms with E-state index < -0.39 is 10.0 Å². The van der Waals surface area contributed by atoms with Crippen molar-refractivity contribution >= 4 is 44.7 Å². The number of benzene rings is 2. The number of nitrogens with zero attached hydrogens (tertiary/aromatic N) is 5. The first-order valence-corrected chi connectivity index (χ1v) is 14.2. The van der Waals surface area contributed by atoms with Crippen LogP contribution in [0.4, 0.5) is 17.2 Å². The Hall–Kier alpha value is -3.37. The first kappa shape index (κ1) is 25.3. The molecule has 1 atom stereocenters. The summed E-state index contributed by atoms with van der Waals surface area (Å²) in [7, 11) is -3.76. The molecular weight excluding hydrogens is 512 g/mol. The average Bonchev–Trinajstić information content (AvgIpc) is 2.92. The van der Waals surface area contributed by atoms with E-state index in [1.54, 1.807) is 36.4 Å². The number of amides is 1. The maximum atomic E-state index is 13.4. The minimum Gasteiger partial charge on any atom is -0.368 e. The van der Waals surface area contributed by atoms with Crippen LogP contribution >= 0.6 is 11.6 Å². The second-order valence-corrected chi connectivity index (χ2v) is 11.4. The molecule has 3 heterocycles. The maximum Gasteiger partial charge on any atom is 0.263 e. The summed E-state index contributed by atoms with van der Waals surface area (Å²) in [4.78, 5) is 19.8. The molecule has 2 aliphatic rings. The van der Waals surface area contributed by atoms with Crippen molar-refractivity contribution in [3.05, 3.63) is 71.4 Å². The summed E-state index contributed by atoms with van der Waals surface area (Å²) in [5.41, 5.74) is 3.21. The minimum absolute atomic E-state index is 0.124. The summed E-state index contributed by atoms with van der Waals surface area (Å²) in [6.45, 7) is 5.40. The number of piperazine rings is 1. The molecule has 1 amide bonds. The molecule has 0 aliphatic carbocycles. The molecule has 194 valence electrons. The van der Waals surface area contributed by atoms with E-state index >= 15 is 0 Å². The summed E-state index contributed by atoms with van der Waals surface area (Å²) < 4.78 is 27.7. The Morgan fingerprint density at radius 3 is 2.49 bits per heavy atom. The molecule has 0 spiro atoms. The second-order valence-electron chi connectivity index (χ2n) is 9.27. The van der Waals surface area contributed by atoms with Crippen molar-refractivity contribution in [2.75, 3.05) is 47.2 Å². The lowest BCUT2D eigenvalue weighted by atomic mass is 10.00. The van der Waals surface area contributed by atoms with Crippen molar-refractivity contribution in [1.82, 2.24) is 15.1 Å². The molecule has 1 aromatic heterocycles. The van der Waals surface area contributed by atoms with E-state index in [0.29, 0.717) is 26.2 Å². The highest BCUT2D eigenvalue weighted by atomic mass is 35.5. The van der Waals surface area contributed by atoms with Gasteiger partial charge in [0.15, 0.2) is 5.82 Å². The Morgan fingerprint density at radius 1 is 1.03 bits per heavy atom. The Kier molecular flexibility index (Phi) is 7.21. The summed E-state index contributed by atoms with van der Waals surface area (Å²) in [5.74, 6) is 0.289. The lowest BCUT2D eigenvalue weighted by Crippen LogP contribution is -2.55. The van der Waals surface area contributed by atoms with Crippen LogP contribution in [0.1, 0.15) is 18.9 Å². The number of anilines is 3. The van der Waals surface area contributed by atoms with E-state index in [1.807, 2.05) is 30.0 Å². The van der Waals surface area contributed by atoms with Crippen LogP contribution in [0.5, 0.6) is 0 Å². The summed E-state index contributed by atoms with van der Waals surface area (Å²) in [6.07, 6.45) is 3.45. The molecule has 1 unspecified atom stereocenters. The van der Waals surface area contributed by atoms with Gasteiger partial charge in [-0.25, -0.2) is 8.42 Å². The fourth-order valence-electron chi connectivity index (χ4n) is 4.97. The van der Waals surface area contributed by atoms with Gasteiger partial charge in [0.25, 0.3) is 10.0 Å². The standard InChI is InChI=1S/C26H29ClN6O3S/c1-19(33-13-3-4-20-18-21(27)6-11-24(20)33)26(34)32-16-14-31(15-17-32)22-7-9-23(10-8-22)37(35,36)30-25-5-2-12-28-29-25/h2,5-12,18-19H,3-4,13-17H2,1H3,(H,29,30). The molecule has 1 fully saturated rings. The highest BCUT2D eigenvalue weighted by molar-refractivity contribution is 7.92. The quantitative estimate of drug-likeness (QED) is 0.511. The number of carbonyl (C=O) groups excluding carboxylic acids is 1. The molecule has 1 saturated heterocycles. The fourth-order valence-corrected chi connectivity index (χ4v) is 6.16. The van der Waals surface area contributed by atoms with Gasteiger partial charge in [0.1, 0.15) is 6.04 Å². The lowest BCUT2D eigenvalue weighted by molar-refractivity contribution is -0.132. The molecule has 3 aromatic rings. The van der Waals surface area contributed by atoms with Crippen molar-refractivity contribution < 1.29 is 13.2 Å². The smallest absolute Gasteiger partial charge is 0.263 e. The first-order chi connectivity index (χ1) is 17.8. The highest BCUT2D eigenvalue weighted by Gasteiger charge is 2.31. The van der Waals surface area contributed by atoms with Crippen LogP contribution in [0, 0.1) is 0 Å². The number of hydrogen-bond acceptors (Lipinski definition) is 7. The van der Waals surface area contributed by atoms with Crippen LogP contribution in [0.15, 0.2) is 65.7 Å². The molecule has 37 heavy (non-hydrogen) atoms. The van der Waals surface area contributed by atoms with Crippen molar-refractivity contribution in [1.29, 1.82) is 0 Å². The van der Waals surface area contributed by atoms with Gasteiger partial charge in [-0.2, -0.15) is 5.10 Å². The molecule has 1 N–H and O–H groups in total. The number of halogens is 1. The van der Waals surface area contributed by atoms with Gasteiger partial charge in [0.2, 0.25) is 5.91 Å². The van der Waals surface area contributed by atoms with Gasteiger partial charge in [0.05, 0.1) is 4.90 Å². The molecule has 2 aliphatic heterocycles. The summed E-state index contributed by atoms with van der Waals surface area (Å²) in [5, 5.41) is 8.18. The third kappa shape index (κ3) is 5.50. The topological polar surface area (TPSA) is 98.7 Å². The van der Waals surface area contributed by atoms with Crippen LogP contribution in [0.2, 0.25) is 5.02 Å². The number of rotatable bonds is 6. The number of aryl methyl sites for hydroxylation is 1. The number of fused-ring (bicyclic) bond motifs is 1. The van der Waals surface area contributed by atoms with Gasteiger partial charge in [-0.3, -0.25) is 9.52 Å². The van der Waals surface area contributed by atoms with Gasteiger partial charge >= 0.3 is 0 Å². The maximum absolute atomic E-state index is 13.4. The predicted molar refractivity (Wildman–Crippen MR) is 145 cm³/mol. The van der Waals surface area contributed by atoms with Gasteiger partial charge < -0.3 is 14.7 Å². The second kappa shape index (κ2) is 10.5. The zero-order valence-corrected chi connectivity index (χ0v) is 22.1. The molecule has 5 rings (SSSR count). The van der Waals surface area contributed by atoms with Crippen LogP contribution in [0.3, 0.4) is 0 Å². The minimum atomic E-state index is -3.76. The Bertz CT molecular complexity index is 1360. The Morgan fingerprint density at radius 2 is 1.78 bits per heavy atom. The van der Waals surface area contributed by atoms with E-state index in [2.05, 4.69) is 24.7 Å². The number of sulfonamides is 1. The van der Waals surface area contributed by atoms with Crippen LogP contribution in [-0.4, -0.2) is 68.2 Å². The van der Waals surface area contributed by atoms with Gasteiger partial charge in [-0.1, -0.05) is 11.6 Å². The predicted octanol–water partition coefficient (Wildman–Crippen LogP) is 3.42. The number of aromatic nitrogens is 2. The van der Waals surface area contributed by atoms with E-state index in [4.69, 9.17) is 11.6 Å². The first-order valence-electron chi connectivity index (χ1n) is 12.3. The number of hydrogen-bond donors (Lipinski definition) is 1. The molecule has 0 saturated carbocycles. The molecule has 9 nitrogen and oxygen atoms in total. The number of carbonyl (C=O) groups is 1. The Labute approximate surface area is 222 Å². The lowest BCUT2D eigenvalue weighted by Gasteiger charge is -2.41. The fraction of sp³-hybridized carbons (Fsp3) is 0.346. The van der Waals surface area contributed by atoms with Crippen molar-refractivity contribution in [3.8, 4) is 0 Å².